The van der Waals surface area contributed by atoms with Gasteiger partial charge in [-0.1, -0.05) is 38.1 Å². The van der Waals surface area contributed by atoms with E-state index in [1.165, 1.54) is 5.56 Å². The summed E-state index contributed by atoms with van der Waals surface area (Å²) in [6.07, 6.45) is 0. The molecule has 0 aliphatic rings. The van der Waals surface area contributed by atoms with Crippen LogP contribution in [0, 0.1) is 13.8 Å². The highest BCUT2D eigenvalue weighted by atomic mass is 16.5. The van der Waals surface area contributed by atoms with Crippen LogP contribution in [0.5, 0.6) is 0 Å². The SMILES string of the molecule is Cc1nc(Nc2ccc(C(C)(C)C)cc2)cc(Nc2cc(C)on2)n1. The minimum Gasteiger partial charge on any atom is -0.360 e. The second-order valence-electron chi connectivity index (χ2n) is 7.09. The zero-order valence-electron chi connectivity index (χ0n) is 15.2. The third-order valence-electron chi connectivity index (χ3n) is 3.75. The molecule has 3 aromatic rings. The van der Waals surface area contributed by atoms with Gasteiger partial charge in [0.2, 0.25) is 0 Å². The van der Waals surface area contributed by atoms with E-state index in [0.29, 0.717) is 17.5 Å². The first-order chi connectivity index (χ1) is 11.8. The van der Waals surface area contributed by atoms with Crippen molar-refractivity contribution in [1.29, 1.82) is 0 Å². The average Bonchev–Trinajstić information content (AvgIpc) is 2.91. The Morgan fingerprint density at radius 3 is 2.04 bits per heavy atom. The zero-order valence-corrected chi connectivity index (χ0v) is 15.2. The monoisotopic (exact) mass is 337 g/mol. The van der Waals surface area contributed by atoms with Crippen molar-refractivity contribution in [1.82, 2.24) is 15.1 Å². The molecule has 6 nitrogen and oxygen atoms in total. The smallest absolute Gasteiger partial charge is 0.175 e. The van der Waals surface area contributed by atoms with Crippen molar-refractivity contribution in [2.75, 3.05) is 10.6 Å². The van der Waals surface area contributed by atoms with Crippen LogP contribution in [-0.2, 0) is 5.41 Å². The lowest BCUT2D eigenvalue weighted by molar-refractivity contribution is 0.400. The van der Waals surface area contributed by atoms with Crippen LogP contribution in [0.25, 0.3) is 0 Å². The van der Waals surface area contributed by atoms with Crippen molar-refractivity contribution < 1.29 is 4.52 Å². The lowest BCUT2D eigenvalue weighted by Gasteiger charge is -2.19. The van der Waals surface area contributed by atoms with Crippen molar-refractivity contribution in [3.05, 3.63) is 53.5 Å². The molecular weight excluding hydrogens is 314 g/mol. The van der Waals surface area contributed by atoms with Gasteiger partial charge in [0, 0.05) is 17.8 Å². The Balaban J connectivity index is 1.78. The predicted octanol–water partition coefficient (Wildman–Crippen LogP) is 4.87. The highest BCUT2D eigenvalue weighted by molar-refractivity contribution is 5.62. The maximum Gasteiger partial charge on any atom is 0.175 e. The zero-order chi connectivity index (χ0) is 18.0. The number of hydrogen-bond donors (Lipinski definition) is 2. The molecule has 0 fully saturated rings. The molecule has 0 aliphatic carbocycles. The normalized spacial score (nSPS) is 11.4. The molecule has 0 atom stereocenters. The van der Waals surface area contributed by atoms with E-state index in [-0.39, 0.29) is 5.41 Å². The largest absolute Gasteiger partial charge is 0.360 e. The van der Waals surface area contributed by atoms with Gasteiger partial charge in [-0.15, -0.1) is 0 Å². The molecule has 2 heterocycles. The van der Waals surface area contributed by atoms with E-state index in [9.17, 15) is 0 Å². The van der Waals surface area contributed by atoms with Gasteiger partial charge in [-0.25, -0.2) is 9.97 Å². The molecular formula is C19H23N5O. The van der Waals surface area contributed by atoms with Crippen LogP contribution < -0.4 is 10.6 Å². The van der Waals surface area contributed by atoms with E-state index < -0.39 is 0 Å². The second-order valence-corrected chi connectivity index (χ2v) is 7.09. The number of anilines is 4. The topological polar surface area (TPSA) is 75.9 Å². The minimum absolute atomic E-state index is 0.136. The summed E-state index contributed by atoms with van der Waals surface area (Å²) in [5.74, 6) is 3.41. The number of benzene rings is 1. The van der Waals surface area contributed by atoms with Gasteiger partial charge in [0.1, 0.15) is 23.2 Å². The summed E-state index contributed by atoms with van der Waals surface area (Å²) in [7, 11) is 0. The molecule has 1 aromatic carbocycles. The summed E-state index contributed by atoms with van der Waals surface area (Å²) >= 11 is 0. The van der Waals surface area contributed by atoms with Crippen LogP contribution in [0.4, 0.5) is 23.1 Å². The molecule has 25 heavy (non-hydrogen) atoms. The summed E-state index contributed by atoms with van der Waals surface area (Å²) in [4.78, 5) is 8.82. The molecule has 0 aliphatic heterocycles. The van der Waals surface area contributed by atoms with E-state index in [0.717, 1.165) is 17.3 Å². The molecule has 3 rings (SSSR count). The highest BCUT2D eigenvalue weighted by Crippen LogP contribution is 2.25. The van der Waals surface area contributed by atoms with Crippen molar-refractivity contribution in [2.45, 2.75) is 40.0 Å². The van der Waals surface area contributed by atoms with E-state index in [1.807, 2.05) is 26.0 Å². The van der Waals surface area contributed by atoms with Gasteiger partial charge in [0.25, 0.3) is 0 Å². The van der Waals surface area contributed by atoms with Gasteiger partial charge in [0.05, 0.1) is 0 Å². The molecule has 0 spiro atoms. The first kappa shape index (κ1) is 17.0. The quantitative estimate of drug-likeness (QED) is 0.707. The summed E-state index contributed by atoms with van der Waals surface area (Å²) in [5.41, 5.74) is 2.41. The Hall–Kier alpha value is -2.89. The fourth-order valence-electron chi connectivity index (χ4n) is 2.45. The van der Waals surface area contributed by atoms with Crippen LogP contribution in [0.3, 0.4) is 0 Å². The molecule has 0 bridgehead atoms. The number of nitrogens with one attached hydrogen (secondary N) is 2. The molecule has 0 saturated heterocycles. The minimum atomic E-state index is 0.136. The fraction of sp³-hybridized carbons (Fsp3) is 0.316. The molecule has 2 aromatic heterocycles. The third-order valence-corrected chi connectivity index (χ3v) is 3.75. The number of aromatic nitrogens is 3. The molecule has 0 radical (unpaired) electrons. The van der Waals surface area contributed by atoms with Crippen LogP contribution >= 0.6 is 0 Å². The highest BCUT2D eigenvalue weighted by Gasteiger charge is 2.13. The number of rotatable bonds is 4. The number of hydrogen-bond acceptors (Lipinski definition) is 6. The summed E-state index contributed by atoms with van der Waals surface area (Å²) in [5, 5.41) is 10.4. The van der Waals surface area contributed by atoms with E-state index in [1.54, 1.807) is 0 Å². The van der Waals surface area contributed by atoms with Crippen LogP contribution in [0.2, 0.25) is 0 Å². The maximum atomic E-state index is 5.06. The summed E-state index contributed by atoms with van der Waals surface area (Å²) in [6.45, 7) is 10.3. The number of nitrogens with zero attached hydrogens (tertiary/aromatic N) is 3. The fourth-order valence-corrected chi connectivity index (χ4v) is 2.45. The van der Waals surface area contributed by atoms with E-state index in [4.69, 9.17) is 4.52 Å². The Kier molecular flexibility index (Phi) is 4.44. The van der Waals surface area contributed by atoms with Gasteiger partial charge in [0.15, 0.2) is 5.82 Å². The first-order valence-corrected chi connectivity index (χ1v) is 8.23. The maximum absolute atomic E-state index is 5.06. The summed E-state index contributed by atoms with van der Waals surface area (Å²) < 4.78 is 5.06. The Bertz CT molecular complexity index is 862. The van der Waals surface area contributed by atoms with Crippen molar-refractivity contribution >= 4 is 23.1 Å². The predicted molar refractivity (Wildman–Crippen MR) is 99.7 cm³/mol. The van der Waals surface area contributed by atoms with Crippen LogP contribution in [0.1, 0.15) is 37.9 Å². The van der Waals surface area contributed by atoms with Gasteiger partial charge < -0.3 is 15.2 Å². The lowest BCUT2D eigenvalue weighted by atomic mass is 9.87. The average molecular weight is 337 g/mol. The lowest BCUT2D eigenvalue weighted by Crippen LogP contribution is -2.10. The molecule has 0 saturated carbocycles. The van der Waals surface area contributed by atoms with E-state index in [2.05, 4.69) is 70.8 Å². The van der Waals surface area contributed by atoms with Gasteiger partial charge in [-0.05, 0) is 37.0 Å². The van der Waals surface area contributed by atoms with Crippen molar-refractivity contribution in [3.63, 3.8) is 0 Å². The standard InChI is InChI=1S/C19H23N5O/c1-12-10-18(24-25-12)23-17-11-16(20-13(2)21-17)22-15-8-6-14(7-9-15)19(3,4)5/h6-11H,1-5H3,(H2,20,21,22,23,24). The van der Waals surface area contributed by atoms with Gasteiger partial charge in [-0.3, -0.25) is 0 Å². The number of aryl methyl sites for hydroxylation is 2. The van der Waals surface area contributed by atoms with Crippen LogP contribution in [-0.4, -0.2) is 15.1 Å². The molecule has 130 valence electrons. The molecule has 0 unspecified atom stereocenters. The first-order valence-electron chi connectivity index (χ1n) is 8.23. The Morgan fingerprint density at radius 1 is 0.840 bits per heavy atom. The van der Waals surface area contributed by atoms with Crippen molar-refractivity contribution in [2.24, 2.45) is 0 Å². The van der Waals surface area contributed by atoms with Gasteiger partial charge in [-0.2, -0.15) is 0 Å². The van der Waals surface area contributed by atoms with Gasteiger partial charge >= 0.3 is 0 Å². The van der Waals surface area contributed by atoms with Crippen molar-refractivity contribution in [3.8, 4) is 0 Å². The molecule has 2 N–H and O–H groups in total. The molecule has 6 heteroatoms. The second kappa shape index (κ2) is 6.55. The summed E-state index contributed by atoms with van der Waals surface area (Å²) in [6, 6.07) is 12.0. The Morgan fingerprint density at radius 2 is 1.48 bits per heavy atom. The van der Waals surface area contributed by atoms with E-state index >= 15 is 0 Å². The third kappa shape index (κ3) is 4.35. The Labute approximate surface area is 147 Å². The van der Waals surface area contributed by atoms with Crippen LogP contribution in [0.15, 0.2) is 40.9 Å². The molecule has 0 amide bonds.